The van der Waals surface area contributed by atoms with Gasteiger partial charge in [-0.3, -0.25) is 0 Å². The molecular formula is C13H20NO7+. The fraction of sp³-hybridized carbons (Fsp3) is 0.615. The summed E-state index contributed by atoms with van der Waals surface area (Å²) in [5.74, 6) is -1.84. The van der Waals surface area contributed by atoms with Crippen molar-refractivity contribution in [2.45, 2.75) is 45.3 Å². The van der Waals surface area contributed by atoms with E-state index in [1.165, 1.54) is 6.08 Å². The molecule has 1 heterocycles. The van der Waals surface area contributed by atoms with Crippen molar-refractivity contribution in [1.82, 2.24) is 0 Å². The molecule has 118 valence electrons. The van der Waals surface area contributed by atoms with Crippen LogP contribution in [-0.4, -0.2) is 40.9 Å². The third-order valence-corrected chi connectivity index (χ3v) is 2.87. The highest BCUT2D eigenvalue weighted by atomic mass is 17.0. The van der Waals surface area contributed by atoms with Crippen LogP contribution in [0.1, 0.15) is 39.0 Å². The van der Waals surface area contributed by atoms with Gasteiger partial charge in [0.15, 0.2) is 0 Å². The zero-order chi connectivity index (χ0) is 15.9. The lowest BCUT2D eigenvalue weighted by atomic mass is 10.3. The van der Waals surface area contributed by atoms with Crippen molar-refractivity contribution in [3.05, 3.63) is 12.7 Å². The standard InChI is InChI=1S/C13H20NO7/c1-3-5-6-9-19-12(4-2)20-13(17)21-14(18)10(15)7-8-11(14)16/h4,12,18H,2-3,5-9H2,1H3/q+1. The second kappa shape index (κ2) is 7.87. The summed E-state index contributed by atoms with van der Waals surface area (Å²) in [5, 5.41) is 9.68. The number of imide groups is 1. The van der Waals surface area contributed by atoms with Crippen molar-refractivity contribution in [2.24, 2.45) is 0 Å². The van der Waals surface area contributed by atoms with Crippen LogP contribution >= 0.6 is 0 Å². The Morgan fingerprint density at radius 3 is 2.52 bits per heavy atom. The maximum absolute atomic E-state index is 11.5. The number of ether oxygens (including phenoxy) is 2. The number of amides is 2. The molecule has 0 aromatic rings. The van der Waals surface area contributed by atoms with E-state index in [9.17, 15) is 19.6 Å². The molecule has 0 radical (unpaired) electrons. The van der Waals surface area contributed by atoms with Crippen LogP contribution in [0.2, 0.25) is 0 Å². The zero-order valence-corrected chi connectivity index (χ0v) is 11.9. The Kier molecular flexibility index (Phi) is 6.47. The Hall–Kier alpha value is -1.77. The van der Waals surface area contributed by atoms with Gasteiger partial charge >= 0.3 is 18.0 Å². The molecule has 1 aliphatic rings. The zero-order valence-electron chi connectivity index (χ0n) is 11.9. The fourth-order valence-corrected chi connectivity index (χ4v) is 1.68. The number of quaternary nitrogens is 1. The minimum Gasteiger partial charge on any atom is -0.397 e. The molecule has 0 aromatic heterocycles. The van der Waals surface area contributed by atoms with Crippen molar-refractivity contribution >= 4 is 18.0 Å². The molecule has 1 fully saturated rings. The van der Waals surface area contributed by atoms with E-state index in [0.29, 0.717) is 6.61 Å². The second-order valence-corrected chi connectivity index (χ2v) is 4.50. The van der Waals surface area contributed by atoms with Gasteiger partial charge in [-0.1, -0.05) is 26.3 Å². The third-order valence-electron chi connectivity index (χ3n) is 2.87. The normalized spacial score (nSPS) is 18.4. The first-order chi connectivity index (χ1) is 9.93. The number of rotatable bonds is 8. The van der Waals surface area contributed by atoms with Gasteiger partial charge in [-0.25, -0.2) is 9.59 Å². The summed E-state index contributed by atoms with van der Waals surface area (Å²) in [5.41, 5.74) is 0. The molecule has 8 nitrogen and oxygen atoms in total. The first-order valence-corrected chi connectivity index (χ1v) is 6.77. The minimum absolute atomic E-state index is 0.193. The van der Waals surface area contributed by atoms with Gasteiger partial charge in [0.1, 0.15) is 4.81 Å². The van der Waals surface area contributed by atoms with Crippen LogP contribution in [0.4, 0.5) is 4.79 Å². The van der Waals surface area contributed by atoms with Crippen molar-refractivity contribution in [2.75, 3.05) is 6.61 Å². The number of hydroxylamine groups is 4. The largest absolute Gasteiger partial charge is 0.566 e. The van der Waals surface area contributed by atoms with Gasteiger partial charge in [-0.2, -0.15) is 14.8 Å². The van der Waals surface area contributed by atoms with E-state index in [0.717, 1.165) is 19.3 Å². The van der Waals surface area contributed by atoms with Crippen LogP contribution in [0.5, 0.6) is 0 Å². The highest BCUT2D eigenvalue weighted by Crippen LogP contribution is 2.21. The van der Waals surface area contributed by atoms with Gasteiger partial charge in [0.25, 0.3) is 0 Å². The molecule has 1 unspecified atom stereocenters. The van der Waals surface area contributed by atoms with Gasteiger partial charge < -0.3 is 9.47 Å². The molecule has 1 saturated heterocycles. The Morgan fingerprint density at radius 2 is 2.00 bits per heavy atom. The van der Waals surface area contributed by atoms with Gasteiger partial charge in [0.2, 0.25) is 6.29 Å². The summed E-state index contributed by atoms with van der Waals surface area (Å²) >= 11 is 0. The van der Waals surface area contributed by atoms with Crippen molar-refractivity contribution in [3.8, 4) is 0 Å². The first-order valence-electron chi connectivity index (χ1n) is 6.77. The number of carbonyl (C=O) groups excluding carboxylic acids is 3. The highest BCUT2D eigenvalue weighted by molar-refractivity contribution is 5.90. The van der Waals surface area contributed by atoms with Crippen LogP contribution in [0.3, 0.4) is 0 Å². The van der Waals surface area contributed by atoms with E-state index >= 15 is 0 Å². The lowest BCUT2D eigenvalue weighted by Crippen LogP contribution is -2.51. The number of hydrogen-bond acceptors (Lipinski definition) is 7. The molecular weight excluding hydrogens is 282 g/mol. The van der Waals surface area contributed by atoms with E-state index in [-0.39, 0.29) is 12.8 Å². The molecule has 2 amide bonds. The van der Waals surface area contributed by atoms with E-state index in [1.54, 1.807) is 0 Å². The van der Waals surface area contributed by atoms with Gasteiger partial charge in [0, 0.05) is 0 Å². The molecule has 21 heavy (non-hydrogen) atoms. The van der Waals surface area contributed by atoms with Crippen molar-refractivity contribution < 1.29 is 38.7 Å². The lowest BCUT2D eigenvalue weighted by Gasteiger charge is -2.18. The summed E-state index contributed by atoms with van der Waals surface area (Å²) in [4.78, 5) is 36.6. The average molecular weight is 302 g/mol. The molecule has 0 spiro atoms. The summed E-state index contributed by atoms with van der Waals surface area (Å²) in [7, 11) is 0. The Labute approximate surface area is 122 Å². The Balaban J connectivity index is 2.45. The number of hydrogen-bond donors (Lipinski definition) is 1. The van der Waals surface area contributed by atoms with Gasteiger partial charge in [-0.15, -0.1) is 0 Å². The smallest absolute Gasteiger partial charge is 0.397 e. The molecule has 1 aliphatic heterocycles. The first kappa shape index (κ1) is 17.3. The SMILES string of the molecule is C=CC(OCCCCC)OC(=O)O[N+]1(O)C(=O)CCC1=O. The summed E-state index contributed by atoms with van der Waals surface area (Å²) < 4.78 is 9.94. The van der Waals surface area contributed by atoms with E-state index in [2.05, 4.69) is 11.4 Å². The topological polar surface area (TPSA) is 99.1 Å². The van der Waals surface area contributed by atoms with E-state index in [1.807, 2.05) is 6.92 Å². The summed E-state index contributed by atoms with van der Waals surface area (Å²) in [6.07, 6.45) is 1.14. The molecule has 0 saturated carbocycles. The Bertz CT molecular complexity index is 405. The van der Waals surface area contributed by atoms with E-state index in [4.69, 9.17) is 9.47 Å². The molecule has 8 heteroatoms. The second-order valence-electron chi connectivity index (χ2n) is 4.50. The number of nitrogens with zero attached hydrogens (tertiary/aromatic N) is 1. The van der Waals surface area contributed by atoms with Gasteiger partial charge in [-0.05, 0) is 12.5 Å². The summed E-state index contributed by atoms with van der Waals surface area (Å²) in [6.45, 7) is 5.82. The third kappa shape index (κ3) is 4.62. The van der Waals surface area contributed by atoms with Crippen LogP contribution < -0.4 is 0 Å². The lowest BCUT2D eigenvalue weighted by molar-refractivity contribution is -1.12. The highest BCUT2D eigenvalue weighted by Gasteiger charge is 2.56. The molecule has 1 rings (SSSR count). The molecule has 0 bridgehead atoms. The molecule has 0 aromatic carbocycles. The molecule has 0 aliphatic carbocycles. The quantitative estimate of drug-likeness (QED) is 0.139. The van der Waals surface area contributed by atoms with Crippen LogP contribution in [0.15, 0.2) is 12.7 Å². The van der Waals surface area contributed by atoms with Crippen LogP contribution in [-0.2, 0) is 23.9 Å². The summed E-state index contributed by atoms with van der Waals surface area (Å²) in [6, 6.07) is 0. The Morgan fingerprint density at radius 1 is 1.38 bits per heavy atom. The van der Waals surface area contributed by atoms with Gasteiger partial charge in [0.05, 0.1) is 19.4 Å². The van der Waals surface area contributed by atoms with Crippen molar-refractivity contribution in [1.29, 1.82) is 0 Å². The van der Waals surface area contributed by atoms with Crippen LogP contribution in [0.25, 0.3) is 0 Å². The molecule has 1 N–H and O–H groups in total. The maximum Gasteiger partial charge on any atom is 0.566 e. The van der Waals surface area contributed by atoms with Crippen molar-refractivity contribution in [3.63, 3.8) is 0 Å². The van der Waals surface area contributed by atoms with E-state index < -0.39 is 29.1 Å². The van der Waals surface area contributed by atoms with Crippen LogP contribution in [0, 0.1) is 0 Å². The number of unbranched alkanes of at least 4 members (excludes halogenated alkanes) is 2. The minimum atomic E-state index is -2.02. The fourth-order valence-electron chi connectivity index (χ4n) is 1.68. The predicted octanol–water partition coefficient (Wildman–Crippen LogP) is 1.83. The molecule has 1 atom stereocenters. The predicted molar refractivity (Wildman–Crippen MR) is 68.3 cm³/mol. The maximum atomic E-state index is 11.5. The average Bonchev–Trinajstić information content (AvgIpc) is 2.69. The monoisotopic (exact) mass is 302 g/mol. The number of carbonyl (C=O) groups is 3.